The lowest BCUT2D eigenvalue weighted by atomic mass is 10.1. The molecule has 1 atom stereocenters. The molecular formula is C10H16N4O. The van der Waals surface area contributed by atoms with Gasteiger partial charge in [-0.25, -0.2) is 4.98 Å². The van der Waals surface area contributed by atoms with Gasteiger partial charge in [-0.3, -0.25) is 4.99 Å². The fourth-order valence-corrected chi connectivity index (χ4v) is 1.74. The topological polar surface area (TPSA) is 51.4 Å². The molecular weight excluding hydrogens is 192 g/mol. The second kappa shape index (κ2) is 4.44. The second-order valence-corrected chi connectivity index (χ2v) is 3.48. The molecule has 0 aliphatic carbocycles. The van der Waals surface area contributed by atoms with Gasteiger partial charge >= 0.3 is 0 Å². The van der Waals surface area contributed by atoms with Crippen molar-refractivity contribution in [3.05, 3.63) is 12.0 Å². The Balaban J connectivity index is 2.19. The van der Waals surface area contributed by atoms with Crippen LogP contribution in [-0.4, -0.2) is 29.6 Å². The van der Waals surface area contributed by atoms with E-state index < -0.39 is 0 Å². The lowest BCUT2D eigenvalue weighted by molar-refractivity contribution is 0.188. The molecule has 0 fully saturated rings. The molecule has 0 bridgehead atoms. The Bertz CT molecular complexity index is 358. The number of hydrogen-bond acceptors (Lipinski definition) is 4. The van der Waals surface area contributed by atoms with E-state index >= 15 is 0 Å². The van der Waals surface area contributed by atoms with Crippen molar-refractivity contribution in [1.82, 2.24) is 9.55 Å². The predicted molar refractivity (Wildman–Crippen MR) is 59.2 cm³/mol. The zero-order valence-corrected chi connectivity index (χ0v) is 9.10. The highest BCUT2D eigenvalue weighted by Crippen LogP contribution is 2.29. The molecule has 0 amide bonds. The number of anilines is 1. The van der Waals surface area contributed by atoms with Gasteiger partial charge in [0.05, 0.1) is 18.7 Å². The molecule has 1 aromatic heterocycles. The SMILES string of the molecule is CCn1cnc2c1NC=NC2CCOC. The Morgan fingerprint density at radius 2 is 2.47 bits per heavy atom. The summed E-state index contributed by atoms with van der Waals surface area (Å²) in [4.78, 5) is 8.76. The van der Waals surface area contributed by atoms with Gasteiger partial charge in [0.1, 0.15) is 11.5 Å². The zero-order chi connectivity index (χ0) is 10.7. The molecule has 1 aliphatic rings. The summed E-state index contributed by atoms with van der Waals surface area (Å²) in [5, 5.41) is 3.14. The van der Waals surface area contributed by atoms with Crippen LogP contribution in [0.15, 0.2) is 11.3 Å². The van der Waals surface area contributed by atoms with Crippen molar-refractivity contribution in [3.63, 3.8) is 0 Å². The Kier molecular flexibility index (Phi) is 3.01. The van der Waals surface area contributed by atoms with Crippen molar-refractivity contribution in [3.8, 4) is 0 Å². The van der Waals surface area contributed by atoms with Gasteiger partial charge < -0.3 is 14.6 Å². The van der Waals surface area contributed by atoms with E-state index in [4.69, 9.17) is 4.74 Å². The van der Waals surface area contributed by atoms with E-state index in [1.807, 2.05) is 6.33 Å². The molecule has 82 valence electrons. The van der Waals surface area contributed by atoms with Crippen LogP contribution in [-0.2, 0) is 11.3 Å². The lowest BCUT2D eigenvalue weighted by Crippen LogP contribution is -2.14. The van der Waals surface area contributed by atoms with Gasteiger partial charge in [0.25, 0.3) is 0 Å². The van der Waals surface area contributed by atoms with Crippen molar-refractivity contribution >= 4 is 12.2 Å². The minimum Gasteiger partial charge on any atom is -0.385 e. The van der Waals surface area contributed by atoms with E-state index in [0.29, 0.717) is 6.61 Å². The Morgan fingerprint density at radius 1 is 1.60 bits per heavy atom. The van der Waals surface area contributed by atoms with E-state index in [1.165, 1.54) is 0 Å². The van der Waals surface area contributed by atoms with E-state index in [0.717, 1.165) is 24.5 Å². The van der Waals surface area contributed by atoms with Crippen LogP contribution in [0, 0.1) is 0 Å². The maximum Gasteiger partial charge on any atom is 0.136 e. The largest absolute Gasteiger partial charge is 0.385 e. The number of aryl methyl sites for hydroxylation is 1. The molecule has 0 radical (unpaired) electrons. The van der Waals surface area contributed by atoms with Gasteiger partial charge in [-0.15, -0.1) is 0 Å². The third-order valence-corrected chi connectivity index (χ3v) is 2.57. The minimum absolute atomic E-state index is 0.133. The van der Waals surface area contributed by atoms with Gasteiger partial charge in [-0.05, 0) is 13.3 Å². The number of rotatable bonds is 4. The first kappa shape index (κ1) is 10.2. The van der Waals surface area contributed by atoms with E-state index in [9.17, 15) is 0 Å². The smallest absolute Gasteiger partial charge is 0.136 e. The van der Waals surface area contributed by atoms with Crippen molar-refractivity contribution in [2.75, 3.05) is 19.0 Å². The van der Waals surface area contributed by atoms with Crippen LogP contribution in [0.2, 0.25) is 0 Å². The van der Waals surface area contributed by atoms with Gasteiger partial charge in [-0.1, -0.05) is 0 Å². The number of fused-ring (bicyclic) bond motifs is 1. The Morgan fingerprint density at radius 3 is 3.20 bits per heavy atom. The van der Waals surface area contributed by atoms with Crippen LogP contribution >= 0.6 is 0 Å². The molecule has 1 N–H and O–H groups in total. The fraction of sp³-hybridized carbons (Fsp3) is 0.600. The molecule has 5 nitrogen and oxygen atoms in total. The molecule has 0 saturated carbocycles. The quantitative estimate of drug-likeness (QED) is 0.814. The number of nitrogens with zero attached hydrogens (tertiary/aromatic N) is 3. The van der Waals surface area contributed by atoms with Crippen molar-refractivity contribution in [2.45, 2.75) is 25.9 Å². The van der Waals surface area contributed by atoms with E-state index in [1.54, 1.807) is 13.4 Å². The molecule has 2 heterocycles. The summed E-state index contributed by atoms with van der Waals surface area (Å²) in [7, 11) is 1.70. The monoisotopic (exact) mass is 208 g/mol. The number of hydrogen-bond donors (Lipinski definition) is 1. The maximum atomic E-state index is 5.06. The van der Waals surface area contributed by atoms with Crippen LogP contribution in [0.5, 0.6) is 0 Å². The number of ether oxygens (including phenoxy) is 1. The van der Waals surface area contributed by atoms with E-state index in [2.05, 4.69) is 26.8 Å². The highest BCUT2D eigenvalue weighted by molar-refractivity contribution is 5.78. The second-order valence-electron chi connectivity index (χ2n) is 3.48. The third kappa shape index (κ3) is 1.87. The average molecular weight is 208 g/mol. The average Bonchev–Trinajstić information content (AvgIpc) is 2.69. The van der Waals surface area contributed by atoms with Crippen LogP contribution in [0.1, 0.15) is 25.1 Å². The van der Waals surface area contributed by atoms with Crippen molar-refractivity contribution < 1.29 is 4.74 Å². The molecule has 1 aromatic rings. The highest BCUT2D eigenvalue weighted by atomic mass is 16.5. The maximum absolute atomic E-state index is 5.06. The number of aliphatic imine (C=N–C) groups is 1. The summed E-state index contributed by atoms with van der Waals surface area (Å²) in [5.41, 5.74) is 1.02. The fourth-order valence-electron chi connectivity index (χ4n) is 1.74. The minimum atomic E-state index is 0.133. The summed E-state index contributed by atoms with van der Waals surface area (Å²) in [6, 6.07) is 0.133. The third-order valence-electron chi connectivity index (χ3n) is 2.57. The van der Waals surface area contributed by atoms with Crippen molar-refractivity contribution in [2.24, 2.45) is 4.99 Å². The lowest BCUT2D eigenvalue weighted by Gasteiger charge is -2.17. The first-order chi connectivity index (χ1) is 7.36. The summed E-state index contributed by atoms with van der Waals surface area (Å²) in [6.07, 6.45) is 4.48. The van der Waals surface area contributed by atoms with Gasteiger partial charge in [0, 0.05) is 20.3 Å². The number of aromatic nitrogens is 2. The zero-order valence-electron chi connectivity index (χ0n) is 9.10. The van der Waals surface area contributed by atoms with Crippen molar-refractivity contribution in [1.29, 1.82) is 0 Å². The van der Waals surface area contributed by atoms with Crippen LogP contribution in [0.3, 0.4) is 0 Å². The summed E-state index contributed by atoms with van der Waals surface area (Å²) in [5.74, 6) is 1.06. The first-order valence-electron chi connectivity index (χ1n) is 5.19. The van der Waals surface area contributed by atoms with Gasteiger partial charge in [0.2, 0.25) is 0 Å². The molecule has 1 unspecified atom stereocenters. The van der Waals surface area contributed by atoms with Crippen LogP contribution in [0.25, 0.3) is 0 Å². The molecule has 0 aromatic carbocycles. The Hall–Kier alpha value is -1.36. The first-order valence-corrected chi connectivity index (χ1v) is 5.19. The number of nitrogens with one attached hydrogen (secondary N) is 1. The summed E-state index contributed by atoms with van der Waals surface area (Å²) >= 11 is 0. The normalized spacial score (nSPS) is 18.7. The number of imidazole rings is 1. The van der Waals surface area contributed by atoms with Crippen LogP contribution in [0.4, 0.5) is 5.82 Å². The molecule has 0 saturated heterocycles. The molecule has 5 heteroatoms. The summed E-state index contributed by atoms with van der Waals surface area (Å²) < 4.78 is 7.15. The van der Waals surface area contributed by atoms with Gasteiger partial charge in [0.15, 0.2) is 0 Å². The van der Waals surface area contributed by atoms with E-state index in [-0.39, 0.29) is 6.04 Å². The molecule has 0 spiro atoms. The molecule has 15 heavy (non-hydrogen) atoms. The highest BCUT2D eigenvalue weighted by Gasteiger charge is 2.21. The summed E-state index contributed by atoms with van der Waals surface area (Å²) in [6.45, 7) is 3.72. The van der Waals surface area contributed by atoms with Crippen LogP contribution < -0.4 is 5.32 Å². The molecule has 2 rings (SSSR count). The predicted octanol–water partition coefficient (Wildman–Crippen LogP) is 1.43. The standard InChI is InChI=1S/C10H16N4O/c1-3-14-7-13-9-8(4-5-15-2)11-6-12-10(9)14/h6-8H,3-5H2,1-2H3,(H,11,12). The molecule has 1 aliphatic heterocycles. The Labute approximate surface area is 89.2 Å². The number of methoxy groups -OCH3 is 1. The van der Waals surface area contributed by atoms with Gasteiger partial charge in [-0.2, -0.15) is 0 Å².